The molecule has 0 amide bonds. The van der Waals surface area contributed by atoms with Crippen molar-refractivity contribution in [1.29, 1.82) is 0 Å². The van der Waals surface area contributed by atoms with E-state index in [1.54, 1.807) is 0 Å². The lowest BCUT2D eigenvalue weighted by molar-refractivity contribution is 1.40. The van der Waals surface area contributed by atoms with Crippen molar-refractivity contribution in [2.45, 2.75) is 0 Å². The number of benzene rings is 4. The fourth-order valence-electron chi connectivity index (χ4n) is 3.95. The van der Waals surface area contributed by atoms with Gasteiger partial charge in [0.2, 0.25) is 0 Å². The summed E-state index contributed by atoms with van der Waals surface area (Å²) in [6, 6.07) is 38.9. The highest BCUT2D eigenvalue weighted by Crippen LogP contribution is 2.42. The van der Waals surface area contributed by atoms with Crippen molar-refractivity contribution < 1.29 is 0 Å². The van der Waals surface area contributed by atoms with Gasteiger partial charge >= 0.3 is 0 Å². The quantitative estimate of drug-likeness (QED) is 0.338. The monoisotopic (exact) mass is 343 g/mol. The van der Waals surface area contributed by atoms with E-state index in [0.717, 1.165) is 0 Å². The van der Waals surface area contributed by atoms with Crippen LogP contribution in [-0.4, -0.2) is 0 Å². The number of rotatable bonds is 2. The van der Waals surface area contributed by atoms with Gasteiger partial charge in [-0.2, -0.15) is 0 Å². The van der Waals surface area contributed by atoms with Gasteiger partial charge in [-0.1, -0.05) is 109 Å². The summed E-state index contributed by atoms with van der Waals surface area (Å²) in [6.45, 7) is 0. The minimum Gasteiger partial charge on any atom is -0.0622 e. The molecule has 1 aliphatic carbocycles. The predicted octanol–water partition coefficient (Wildman–Crippen LogP) is 6.61. The zero-order valence-corrected chi connectivity index (χ0v) is 15.0. The maximum absolute atomic E-state index is 2.31. The molecule has 1 aliphatic rings. The van der Waals surface area contributed by atoms with Crippen LogP contribution in [0.3, 0.4) is 0 Å². The molecule has 5 rings (SSSR count). The van der Waals surface area contributed by atoms with Crippen LogP contribution < -0.4 is 0 Å². The minimum atomic E-state index is 1.24. The maximum Gasteiger partial charge on any atom is 0.0211 e. The molecule has 0 heterocycles. The van der Waals surface area contributed by atoms with E-state index in [0.29, 0.717) is 0 Å². The Kier molecular flexibility index (Phi) is 3.95. The van der Waals surface area contributed by atoms with Gasteiger partial charge in [-0.05, 0) is 44.5 Å². The van der Waals surface area contributed by atoms with E-state index in [1.807, 2.05) is 0 Å². The zero-order valence-electron chi connectivity index (χ0n) is 15.0. The van der Waals surface area contributed by atoms with Crippen LogP contribution in [0.25, 0.3) is 11.1 Å². The lowest BCUT2D eigenvalue weighted by Gasteiger charge is -2.17. The molecular formula is C27H19. The Hall–Kier alpha value is -3.38. The van der Waals surface area contributed by atoms with E-state index in [1.165, 1.54) is 44.5 Å². The summed E-state index contributed by atoms with van der Waals surface area (Å²) in [4.78, 5) is 0. The first-order chi connectivity index (χ1) is 13.4. The first-order valence-electron chi connectivity index (χ1n) is 9.30. The topological polar surface area (TPSA) is 0 Å². The van der Waals surface area contributed by atoms with Crippen molar-refractivity contribution in [2.75, 3.05) is 0 Å². The van der Waals surface area contributed by atoms with Gasteiger partial charge in [0, 0.05) is 6.42 Å². The van der Waals surface area contributed by atoms with E-state index in [2.05, 4.69) is 116 Å². The van der Waals surface area contributed by atoms with E-state index in [4.69, 9.17) is 0 Å². The summed E-state index contributed by atoms with van der Waals surface area (Å²) in [5, 5.41) is 0. The van der Waals surface area contributed by atoms with Gasteiger partial charge < -0.3 is 0 Å². The van der Waals surface area contributed by atoms with Crippen molar-refractivity contribution >= 4 is 11.1 Å². The van der Waals surface area contributed by atoms with E-state index >= 15 is 0 Å². The van der Waals surface area contributed by atoms with Crippen LogP contribution in [0, 0.1) is 6.42 Å². The summed E-state index contributed by atoms with van der Waals surface area (Å²) in [5.41, 5.74) is 10.1. The first-order valence-corrected chi connectivity index (χ1v) is 9.30. The van der Waals surface area contributed by atoms with E-state index in [-0.39, 0.29) is 0 Å². The number of hydrogen-bond donors (Lipinski definition) is 0. The van der Waals surface area contributed by atoms with Crippen molar-refractivity contribution in [3.8, 4) is 0 Å². The first kappa shape index (κ1) is 15.8. The van der Waals surface area contributed by atoms with Crippen LogP contribution in [0.1, 0.15) is 33.4 Å². The summed E-state index contributed by atoms with van der Waals surface area (Å²) in [5.74, 6) is 0. The average molecular weight is 343 g/mol. The van der Waals surface area contributed by atoms with Gasteiger partial charge in [-0.15, -0.1) is 0 Å². The molecule has 0 heteroatoms. The summed E-state index contributed by atoms with van der Waals surface area (Å²) < 4.78 is 0. The maximum atomic E-state index is 2.31. The van der Waals surface area contributed by atoms with Crippen molar-refractivity contribution in [1.82, 2.24) is 0 Å². The minimum absolute atomic E-state index is 1.24. The van der Waals surface area contributed by atoms with Gasteiger partial charge in [0.25, 0.3) is 0 Å². The molecule has 0 saturated heterocycles. The third-order valence-corrected chi connectivity index (χ3v) is 5.15. The van der Waals surface area contributed by atoms with Crippen LogP contribution >= 0.6 is 0 Å². The lowest BCUT2D eigenvalue weighted by atomic mass is 9.86. The Morgan fingerprint density at radius 2 is 0.704 bits per heavy atom. The molecule has 0 nitrogen and oxygen atoms in total. The molecule has 0 N–H and O–H groups in total. The molecule has 1 radical (unpaired) electrons. The zero-order chi connectivity index (χ0) is 18.1. The van der Waals surface area contributed by atoms with Crippen LogP contribution in [0.2, 0.25) is 0 Å². The highest BCUT2D eigenvalue weighted by Gasteiger charge is 2.23. The second-order valence-electron chi connectivity index (χ2n) is 6.80. The highest BCUT2D eigenvalue weighted by molar-refractivity contribution is 6.07. The molecule has 0 atom stereocenters. The fraction of sp³-hybridized carbons (Fsp3) is 0. The van der Waals surface area contributed by atoms with Gasteiger partial charge in [-0.3, -0.25) is 0 Å². The molecule has 0 unspecified atom stereocenters. The van der Waals surface area contributed by atoms with Gasteiger partial charge in [-0.25, -0.2) is 0 Å². The standard InChI is InChI=1S/C27H19/c1-3-11-20(12-4-1)26-24-17-9-7-15-22(24)19-23-16-8-10-18-25(23)27(26)21-13-5-2-6-14-21/h1-19H. The highest BCUT2D eigenvalue weighted by atomic mass is 14.3. The van der Waals surface area contributed by atoms with E-state index in [9.17, 15) is 0 Å². The molecule has 0 aromatic heterocycles. The largest absolute Gasteiger partial charge is 0.0622 e. The third kappa shape index (κ3) is 2.80. The van der Waals surface area contributed by atoms with Crippen LogP contribution in [0.4, 0.5) is 0 Å². The van der Waals surface area contributed by atoms with Crippen LogP contribution in [-0.2, 0) is 0 Å². The molecule has 0 bridgehead atoms. The summed E-state index contributed by atoms with van der Waals surface area (Å²) in [6.07, 6.45) is 2.31. The molecule has 0 saturated carbocycles. The summed E-state index contributed by atoms with van der Waals surface area (Å²) in [7, 11) is 0. The van der Waals surface area contributed by atoms with Crippen molar-refractivity contribution in [3.05, 3.63) is 149 Å². The SMILES string of the molecule is [CH]1c2ccccc2C(c2ccccc2)=C(c2ccccc2)c2ccccc21. The number of fused-ring (bicyclic) bond motifs is 2. The fourth-order valence-corrected chi connectivity index (χ4v) is 3.95. The predicted molar refractivity (Wildman–Crippen MR) is 113 cm³/mol. The lowest BCUT2D eigenvalue weighted by Crippen LogP contribution is -1.97. The molecule has 4 aromatic rings. The van der Waals surface area contributed by atoms with Crippen LogP contribution in [0.5, 0.6) is 0 Å². The van der Waals surface area contributed by atoms with Gasteiger partial charge in [0.05, 0.1) is 0 Å². The molecule has 4 aromatic carbocycles. The second-order valence-corrected chi connectivity index (χ2v) is 6.80. The Morgan fingerprint density at radius 3 is 1.15 bits per heavy atom. The average Bonchev–Trinajstić information content (AvgIpc) is 2.89. The molecule has 0 fully saturated rings. The van der Waals surface area contributed by atoms with Gasteiger partial charge in [0.15, 0.2) is 0 Å². The second kappa shape index (κ2) is 6.74. The smallest absolute Gasteiger partial charge is 0.0211 e. The Labute approximate surface area is 160 Å². The molecule has 127 valence electrons. The Balaban J connectivity index is 1.95. The normalized spacial score (nSPS) is 12.9. The third-order valence-electron chi connectivity index (χ3n) is 5.15. The Bertz CT molecular complexity index is 1030. The molecule has 0 spiro atoms. The Morgan fingerprint density at radius 1 is 0.333 bits per heavy atom. The summed E-state index contributed by atoms with van der Waals surface area (Å²) >= 11 is 0. The molecule has 0 aliphatic heterocycles. The van der Waals surface area contributed by atoms with Gasteiger partial charge in [0.1, 0.15) is 0 Å². The van der Waals surface area contributed by atoms with E-state index < -0.39 is 0 Å². The van der Waals surface area contributed by atoms with Crippen molar-refractivity contribution in [2.24, 2.45) is 0 Å². The van der Waals surface area contributed by atoms with Crippen LogP contribution in [0.15, 0.2) is 109 Å². The molecular weight excluding hydrogens is 324 g/mol. The molecule has 27 heavy (non-hydrogen) atoms. The number of hydrogen-bond acceptors (Lipinski definition) is 0. The van der Waals surface area contributed by atoms with Crippen molar-refractivity contribution in [3.63, 3.8) is 0 Å².